The van der Waals surface area contributed by atoms with E-state index in [2.05, 4.69) is 0 Å². The van der Waals surface area contributed by atoms with E-state index in [-0.39, 0.29) is 30.6 Å². The van der Waals surface area contributed by atoms with E-state index in [0.29, 0.717) is 31.6 Å². The van der Waals surface area contributed by atoms with E-state index in [1.807, 2.05) is 35.2 Å². The number of hydrogen-bond donors (Lipinski definition) is 1. The van der Waals surface area contributed by atoms with E-state index >= 15 is 0 Å². The van der Waals surface area contributed by atoms with Gasteiger partial charge in [-0.05, 0) is 55.5 Å². The van der Waals surface area contributed by atoms with Crippen molar-refractivity contribution in [1.29, 1.82) is 0 Å². The Bertz CT molecular complexity index is 813. The van der Waals surface area contributed by atoms with Crippen LogP contribution in [0.2, 0.25) is 0 Å². The fourth-order valence-corrected chi connectivity index (χ4v) is 4.51. The van der Waals surface area contributed by atoms with Crippen LogP contribution in [-0.4, -0.2) is 40.4 Å². The summed E-state index contributed by atoms with van der Waals surface area (Å²) in [7, 11) is 0. The molecule has 0 saturated carbocycles. The van der Waals surface area contributed by atoms with Crippen molar-refractivity contribution in [3.05, 3.63) is 66.0 Å². The van der Waals surface area contributed by atoms with Crippen molar-refractivity contribution in [2.24, 2.45) is 0 Å². The van der Waals surface area contributed by atoms with Crippen molar-refractivity contribution in [2.45, 2.75) is 56.4 Å². The Balaban J connectivity index is 1.29. The Kier molecular flexibility index (Phi) is 5.72. The second-order valence-corrected chi connectivity index (χ2v) is 8.02. The second-order valence-electron chi connectivity index (χ2n) is 8.02. The molecule has 154 valence electrons. The summed E-state index contributed by atoms with van der Waals surface area (Å²) in [6.07, 6.45) is 2.99. The third kappa shape index (κ3) is 4.70. The van der Waals surface area contributed by atoms with Crippen LogP contribution in [0.5, 0.6) is 5.75 Å². The molecule has 1 amide bonds. The topological polar surface area (TPSA) is 59.0 Å². The zero-order valence-corrected chi connectivity index (χ0v) is 16.3. The van der Waals surface area contributed by atoms with Crippen molar-refractivity contribution in [1.82, 2.24) is 4.90 Å². The van der Waals surface area contributed by atoms with Gasteiger partial charge in [0.15, 0.2) is 0 Å². The molecule has 2 aromatic carbocycles. The first-order valence-corrected chi connectivity index (χ1v) is 10.1. The molecule has 0 aromatic heterocycles. The predicted molar refractivity (Wildman–Crippen MR) is 106 cm³/mol. The Morgan fingerprint density at radius 3 is 2.38 bits per heavy atom. The van der Waals surface area contributed by atoms with Crippen LogP contribution in [0.25, 0.3) is 0 Å². The Hall–Kier alpha value is -2.60. The molecule has 0 radical (unpaired) electrons. The van der Waals surface area contributed by atoms with Crippen molar-refractivity contribution in [3.63, 3.8) is 0 Å². The fourth-order valence-electron chi connectivity index (χ4n) is 4.51. The molecule has 2 aliphatic rings. The molecule has 2 aliphatic heterocycles. The lowest BCUT2D eigenvalue weighted by atomic mass is 9.84. The monoisotopic (exact) mass is 399 g/mol. The van der Waals surface area contributed by atoms with Gasteiger partial charge in [-0.3, -0.25) is 0 Å². The van der Waals surface area contributed by atoms with Gasteiger partial charge in [0.05, 0.1) is 12.2 Å². The molecule has 29 heavy (non-hydrogen) atoms. The first-order valence-electron chi connectivity index (χ1n) is 10.1. The molecule has 2 heterocycles. The number of amides is 1. The maximum absolute atomic E-state index is 13.0. The Labute approximate surface area is 170 Å². The van der Waals surface area contributed by atoms with Crippen molar-refractivity contribution < 1.29 is 23.8 Å². The number of halogens is 1. The third-order valence-corrected chi connectivity index (χ3v) is 5.92. The zero-order valence-electron chi connectivity index (χ0n) is 16.3. The highest BCUT2D eigenvalue weighted by atomic mass is 19.1. The highest BCUT2D eigenvalue weighted by molar-refractivity contribution is 5.69. The molecular formula is C23H26FNO4. The lowest BCUT2D eigenvalue weighted by molar-refractivity contribution is -0.0597. The SMILES string of the molecule is O=C(OCc1ccccc1)N1C2CCC1CC(O)(CCOc1ccc(F)cc1)C2. The number of benzene rings is 2. The van der Waals surface area contributed by atoms with Gasteiger partial charge in [0, 0.05) is 18.5 Å². The number of piperidine rings is 1. The number of ether oxygens (including phenoxy) is 2. The average Bonchev–Trinajstić information content (AvgIpc) is 3.01. The van der Waals surface area contributed by atoms with Crippen molar-refractivity contribution >= 4 is 6.09 Å². The smallest absolute Gasteiger partial charge is 0.410 e. The molecule has 6 heteroatoms. The summed E-state index contributed by atoms with van der Waals surface area (Å²) < 4.78 is 24.1. The lowest BCUT2D eigenvalue weighted by Gasteiger charge is -2.43. The average molecular weight is 399 g/mol. The van der Waals surface area contributed by atoms with Gasteiger partial charge in [-0.15, -0.1) is 0 Å². The van der Waals surface area contributed by atoms with Gasteiger partial charge < -0.3 is 19.5 Å². The third-order valence-electron chi connectivity index (χ3n) is 5.92. The summed E-state index contributed by atoms with van der Waals surface area (Å²) in [5.74, 6) is 0.277. The molecule has 5 nitrogen and oxygen atoms in total. The fraction of sp³-hybridized carbons (Fsp3) is 0.435. The number of hydrogen-bond acceptors (Lipinski definition) is 4. The summed E-state index contributed by atoms with van der Waals surface area (Å²) in [4.78, 5) is 14.5. The van der Waals surface area contributed by atoms with E-state index in [1.165, 1.54) is 12.1 Å². The van der Waals surface area contributed by atoms with Crippen LogP contribution < -0.4 is 4.74 Å². The number of rotatable bonds is 6. The van der Waals surface area contributed by atoms with Gasteiger partial charge in [-0.2, -0.15) is 0 Å². The van der Waals surface area contributed by atoms with E-state index in [9.17, 15) is 14.3 Å². The van der Waals surface area contributed by atoms with Crippen LogP contribution in [0.15, 0.2) is 54.6 Å². The molecule has 2 aromatic rings. The number of carbonyl (C=O) groups is 1. The Morgan fingerprint density at radius 2 is 1.72 bits per heavy atom. The normalized spacial score (nSPS) is 25.7. The molecule has 2 atom stereocenters. The van der Waals surface area contributed by atoms with Crippen molar-refractivity contribution in [2.75, 3.05) is 6.61 Å². The number of aliphatic hydroxyl groups is 1. The summed E-state index contributed by atoms with van der Waals surface area (Å²) >= 11 is 0. The lowest BCUT2D eigenvalue weighted by Crippen LogP contribution is -2.53. The molecular weight excluding hydrogens is 373 g/mol. The van der Waals surface area contributed by atoms with E-state index in [1.54, 1.807) is 12.1 Å². The number of carbonyl (C=O) groups excluding carboxylic acids is 1. The molecule has 2 saturated heterocycles. The highest BCUT2D eigenvalue weighted by Crippen LogP contribution is 2.42. The van der Waals surface area contributed by atoms with Gasteiger partial charge >= 0.3 is 6.09 Å². The molecule has 2 unspecified atom stereocenters. The van der Waals surface area contributed by atoms with Gasteiger partial charge in [-0.25, -0.2) is 9.18 Å². The predicted octanol–water partition coefficient (Wildman–Crippen LogP) is 4.29. The van der Waals surface area contributed by atoms with E-state index < -0.39 is 5.60 Å². The zero-order chi connectivity index (χ0) is 20.3. The molecule has 0 spiro atoms. The first kappa shape index (κ1) is 19.7. The summed E-state index contributed by atoms with van der Waals surface area (Å²) in [5, 5.41) is 11.1. The molecule has 1 N–H and O–H groups in total. The quantitative estimate of drug-likeness (QED) is 0.787. The van der Waals surface area contributed by atoms with Crippen LogP contribution in [0.4, 0.5) is 9.18 Å². The van der Waals surface area contributed by atoms with Gasteiger partial charge in [-0.1, -0.05) is 30.3 Å². The minimum absolute atomic E-state index is 0.00663. The van der Waals surface area contributed by atoms with Crippen LogP contribution in [0.1, 0.15) is 37.7 Å². The van der Waals surface area contributed by atoms with Gasteiger partial charge in [0.1, 0.15) is 18.2 Å². The summed E-state index contributed by atoms with van der Waals surface area (Å²) in [6, 6.07) is 15.5. The van der Waals surface area contributed by atoms with E-state index in [4.69, 9.17) is 9.47 Å². The van der Waals surface area contributed by atoms with Crippen LogP contribution in [-0.2, 0) is 11.3 Å². The van der Waals surface area contributed by atoms with E-state index in [0.717, 1.165) is 18.4 Å². The molecule has 2 fully saturated rings. The summed E-state index contributed by atoms with van der Waals surface area (Å²) in [5.41, 5.74) is 0.0990. The maximum atomic E-state index is 13.0. The molecule has 2 bridgehead atoms. The Morgan fingerprint density at radius 1 is 1.07 bits per heavy atom. The number of fused-ring (bicyclic) bond motifs is 2. The number of nitrogens with zero attached hydrogens (tertiary/aromatic N) is 1. The first-order chi connectivity index (χ1) is 14.0. The second kappa shape index (κ2) is 8.41. The van der Waals surface area contributed by atoms with Gasteiger partial charge in [0.2, 0.25) is 0 Å². The van der Waals surface area contributed by atoms with Crippen LogP contribution >= 0.6 is 0 Å². The maximum Gasteiger partial charge on any atom is 0.410 e. The minimum atomic E-state index is -0.859. The molecule has 4 rings (SSSR count). The van der Waals surface area contributed by atoms with Crippen LogP contribution in [0, 0.1) is 5.82 Å². The molecule has 0 aliphatic carbocycles. The largest absolute Gasteiger partial charge is 0.493 e. The van der Waals surface area contributed by atoms with Crippen LogP contribution in [0.3, 0.4) is 0 Å². The standard InChI is InChI=1S/C23H26FNO4/c24-18-6-10-21(11-7-18)28-13-12-23(27)14-19-8-9-20(15-23)25(19)22(26)29-16-17-4-2-1-3-5-17/h1-7,10-11,19-20,27H,8-9,12-16H2. The minimum Gasteiger partial charge on any atom is -0.493 e. The van der Waals surface area contributed by atoms with Crippen molar-refractivity contribution in [3.8, 4) is 5.75 Å². The van der Waals surface area contributed by atoms with Gasteiger partial charge in [0.25, 0.3) is 0 Å². The highest BCUT2D eigenvalue weighted by Gasteiger charge is 2.49. The summed E-state index contributed by atoms with van der Waals surface area (Å²) in [6.45, 7) is 0.603.